The molecule has 0 N–H and O–H groups in total. The van der Waals surface area contributed by atoms with Crippen LogP contribution in [0.1, 0.15) is 0 Å². The molecular formula is C23H16N4. The molecular weight excluding hydrogens is 332 g/mol. The van der Waals surface area contributed by atoms with Gasteiger partial charge in [0.2, 0.25) is 0 Å². The van der Waals surface area contributed by atoms with Gasteiger partial charge in [0.25, 0.3) is 0 Å². The minimum Gasteiger partial charge on any atom is -0.316 e. The Morgan fingerprint density at radius 1 is 0.667 bits per heavy atom. The van der Waals surface area contributed by atoms with Crippen molar-refractivity contribution in [1.29, 1.82) is 0 Å². The van der Waals surface area contributed by atoms with Crippen molar-refractivity contribution in [3.8, 4) is 28.2 Å². The van der Waals surface area contributed by atoms with Crippen molar-refractivity contribution in [3.05, 3.63) is 97.7 Å². The molecule has 3 aromatic carbocycles. The Hall–Kier alpha value is -3.79. The fraction of sp³-hybridized carbons (Fsp3) is 0. The number of para-hydroxylation sites is 1. The second-order valence-corrected chi connectivity index (χ2v) is 6.30. The van der Waals surface area contributed by atoms with Crippen LogP contribution in [0.25, 0.3) is 39.1 Å². The first-order chi connectivity index (χ1) is 13.4. The summed E-state index contributed by atoms with van der Waals surface area (Å²) in [6, 6.07) is 27.3. The van der Waals surface area contributed by atoms with Crippen LogP contribution in [0.3, 0.4) is 0 Å². The van der Waals surface area contributed by atoms with E-state index in [-0.39, 0.29) is 0 Å². The quantitative estimate of drug-likeness (QED) is 0.453. The lowest BCUT2D eigenvalue weighted by atomic mass is 10.0. The molecule has 0 unspecified atom stereocenters. The van der Waals surface area contributed by atoms with Crippen LogP contribution in [-0.4, -0.2) is 19.5 Å². The number of fused-ring (bicyclic) bond motifs is 1. The first kappa shape index (κ1) is 15.5. The maximum Gasteiger partial charge on any atom is 0.164 e. The second kappa shape index (κ2) is 6.50. The smallest absolute Gasteiger partial charge is 0.164 e. The zero-order chi connectivity index (χ0) is 18.1. The first-order valence-corrected chi connectivity index (χ1v) is 8.78. The number of hydrogen-bond donors (Lipinski definition) is 0. The van der Waals surface area contributed by atoms with Crippen LogP contribution < -0.4 is 0 Å². The van der Waals surface area contributed by atoms with E-state index in [4.69, 9.17) is 0 Å². The van der Waals surface area contributed by atoms with Crippen molar-refractivity contribution in [2.75, 3.05) is 0 Å². The standard InChI is InChI=1S/C23H16N4/c1-2-6-17(7-3-1)19-10-11-20(23-25-15-24-16-26-23)22(14-19)27-13-12-18-8-4-5-9-21(18)27/h1-16H. The molecule has 5 rings (SSSR count). The highest BCUT2D eigenvalue weighted by molar-refractivity contribution is 5.85. The van der Waals surface area contributed by atoms with Crippen LogP contribution in [0.4, 0.5) is 0 Å². The van der Waals surface area contributed by atoms with Crippen molar-refractivity contribution in [1.82, 2.24) is 19.5 Å². The largest absolute Gasteiger partial charge is 0.316 e. The van der Waals surface area contributed by atoms with E-state index >= 15 is 0 Å². The van der Waals surface area contributed by atoms with Gasteiger partial charge < -0.3 is 4.57 Å². The maximum atomic E-state index is 4.37. The molecule has 4 heteroatoms. The van der Waals surface area contributed by atoms with Crippen molar-refractivity contribution in [3.63, 3.8) is 0 Å². The van der Waals surface area contributed by atoms with Crippen molar-refractivity contribution >= 4 is 10.9 Å². The average molecular weight is 348 g/mol. The molecule has 0 aliphatic carbocycles. The van der Waals surface area contributed by atoms with Gasteiger partial charge in [0.1, 0.15) is 12.7 Å². The molecule has 2 heterocycles. The molecule has 0 atom stereocenters. The number of aromatic nitrogens is 4. The summed E-state index contributed by atoms with van der Waals surface area (Å²) in [5.41, 5.74) is 5.50. The van der Waals surface area contributed by atoms with Gasteiger partial charge in [-0.25, -0.2) is 15.0 Å². The monoisotopic (exact) mass is 348 g/mol. The van der Waals surface area contributed by atoms with Crippen LogP contribution in [0.5, 0.6) is 0 Å². The van der Waals surface area contributed by atoms with Crippen LogP contribution in [0.2, 0.25) is 0 Å². The summed E-state index contributed by atoms with van der Waals surface area (Å²) >= 11 is 0. The fourth-order valence-electron chi connectivity index (χ4n) is 3.40. The topological polar surface area (TPSA) is 43.6 Å². The van der Waals surface area contributed by atoms with E-state index in [0.29, 0.717) is 5.82 Å². The lowest BCUT2D eigenvalue weighted by Crippen LogP contribution is -1.99. The Morgan fingerprint density at radius 2 is 1.44 bits per heavy atom. The molecule has 5 aromatic rings. The summed E-state index contributed by atoms with van der Waals surface area (Å²) in [6.45, 7) is 0. The Morgan fingerprint density at radius 3 is 2.30 bits per heavy atom. The third kappa shape index (κ3) is 2.77. The highest BCUT2D eigenvalue weighted by atomic mass is 15.0. The highest BCUT2D eigenvalue weighted by Crippen LogP contribution is 2.32. The van der Waals surface area contributed by atoms with E-state index in [1.807, 2.05) is 6.07 Å². The first-order valence-electron chi connectivity index (χ1n) is 8.78. The van der Waals surface area contributed by atoms with Gasteiger partial charge in [-0.3, -0.25) is 0 Å². The Bertz CT molecular complexity index is 1210. The molecule has 0 bridgehead atoms. The third-order valence-electron chi connectivity index (χ3n) is 4.70. The molecule has 0 spiro atoms. The third-order valence-corrected chi connectivity index (χ3v) is 4.70. The summed E-state index contributed by atoms with van der Waals surface area (Å²) in [5.74, 6) is 0.664. The summed E-state index contributed by atoms with van der Waals surface area (Å²) < 4.78 is 2.20. The van der Waals surface area contributed by atoms with E-state index < -0.39 is 0 Å². The zero-order valence-electron chi connectivity index (χ0n) is 14.5. The van der Waals surface area contributed by atoms with Crippen LogP contribution in [0.15, 0.2) is 97.7 Å². The predicted octanol–water partition coefficient (Wildman–Crippen LogP) is 5.15. The Balaban J connectivity index is 1.78. The molecule has 0 aliphatic heterocycles. The van der Waals surface area contributed by atoms with Crippen molar-refractivity contribution < 1.29 is 0 Å². The van der Waals surface area contributed by atoms with E-state index in [2.05, 4.69) is 98.5 Å². The van der Waals surface area contributed by atoms with Gasteiger partial charge in [-0.15, -0.1) is 0 Å². The lowest BCUT2D eigenvalue weighted by Gasteiger charge is -2.13. The van der Waals surface area contributed by atoms with Crippen molar-refractivity contribution in [2.24, 2.45) is 0 Å². The molecule has 0 fully saturated rings. The Kier molecular flexibility index (Phi) is 3.72. The van der Waals surface area contributed by atoms with Crippen LogP contribution in [0, 0.1) is 0 Å². The normalized spacial score (nSPS) is 11.0. The summed E-state index contributed by atoms with van der Waals surface area (Å²) in [6.07, 6.45) is 5.16. The van der Waals surface area contributed by atoms with Gasteiger partial charge in [0.05, 0.1) is 11.2 Å². The summed E-state index contributed by atoms with van der Waals surface area (Å²) in [7, 11) is 0. The molecule has 27 heavy (non-hydrogen) atoms. The molecule has 0 saturated heterocycles. The molecule has 4 nitrogen and oxygen atoms in total. The van der Waals surface area contributed by atoms with E-state index in [1.165, 1.54) is 23.6 Å². The molecule has 0 saturated carbocycles. The molecule has 2 aromatic heterocycles. The van der Waals surface area contributed by atoms with E-state index in [0.717, 1.165) is 22.3 Å². The SMILES string of the molecule is c1ccc(-c2ccc(-c3ncncn3)c(-n3ccc4ccccc43)c2)cc1. The van der Waals surface area contributed by atoms with Gasteiger partial charge in [-0.1, -0.05) is 54.6 Å². The predicted molar refractivity (Wildman–Crippen MR) is 108 cm³/mol. The molecule has 128 valence electrons. The molecule has 0 amide bonds. The fourth-order valence-corrected chi connectivity index (χ4v) is 3.40. The van der Waals surface area contributed by atoms with Gasteiger partial charge in [0.15, 0.2) is 5.82 Å². The Labute approximate surface area is 156 Å². The average Bonchev–Trinajstić information content (AvgIpc) is 3.19. The van der Waals surface area contributed by atoms with Crippen LogP contribution in [-0.2, 0) is 0 Å². The minimum atomic E-state index is 0.664. The number of benzene rings is 3. The highest BCUT2D eigenvalue weighted by Gasteiger charge is 2.13. The second-order valence-electron chi connectivity index (χ2n) is 6.30. The molecule has 0 aliphatic rings. The van der Waals surface area contributed by atoms with Gasteiger partial charge in [-0.2, -0.15) is 0 Å². The number of nitrogens with zero attached hydrogens (tertiary/aromatic N) is 4. The summed E-state index contributed by atoms with van der Waals surface area (Å²) in [4.78, 5) is 12.7. The molecule has 0 radical (unpaired) electrons. The summed E-state index contributed by atoms with van der Waals surface area (Å²) in [5, 5.41) is 1.20. The zero-order valence-corrected chi connectivity index (χ0v) is 14.5. The van der Waals surface area contributed by atoms with E-state index in [9.17, 15) is 0 Å². The maximum absolute atomic E-state index is 4.37. The van der Waals surface area contributed by atoms with Gasteiger partial charge in [0, 0.05) is 11.8 Å². The number of rotatable bonds is 3. The number of hydrogen-bond acceptors (Lipinski definition) is 3. The lowest BCUT2D eigenvalue weighted by molar-refractivity contribution is 1.04. The van der Waals surface area contributed by atoms with E-state index in [1.54, 1.807) is 0 Å². The minimum absolute atomic E-state index is 0.664. The van der Waals surface area contributed by atoms with Gasteiger partial charge in [-0.05, 0) is 40.8 Å². The van der Waals surface area contributed by atoms with Gasteiger partial charge >= 0.3 is 0 Å². The van der Waals surface area contributed by atoms with Crippen molar-refractivity contribution in [2.45, 2.75) is 0 Å². The van der Waals surface area contributed by atoms with Crippen LogP contribution >= 0.6 is 0 Å².